The number of nitrogens with one attached hydrogen (secondary N) is 1. The summed E-state index contributed by atoms with van der Waals surface area (Å²) in [5.41, 5.74) is 1.72. The van der Waals surface area contributed by atoms with E-state index in [0.29, 0.717) is 31.5 Å². The Morgan fingerprint density at radius 3 is 2.69 bits per heavy atom. The van der Waals surface area contributed by atoms with Crippen LogP contribution in [0.3, 0.4) is 0 Å². The molecule has 0 unspecified atom stereocenters. The molecule has 0 aliphatic carbocycles. The highest BCUT2D eigenvalue weighted by Gasteiger charge is 2.31. The predicted molar refractivity (Wildman–Crippen MR) is 119 cm³/mol. The highest BCUT2D eigenvalue weighted by Crippen LogP contribution is 2.30. The van der Waals surface area contributed by atoms with Crippen LogP contribution in [0.2, 0.25) is 15.1 Å². The van der Waals surface area contributed by atoms with Crippen LogP contribution in [0.4, 0.5) is 0 Å². The average molecular weight is 465 g/mol. The van der Waals surface area contributed by atoms with E-state index in [1.54, 1.807) is 52.9 Å². The van der Waals surface area contributed by atoms with Crippen molar-refractivity contribution < 1.29 is 9.53 Å². The van der Waals surface area contributed by atoms with Crippen molar-refractivity contribution in [1.29, 1.82) is 5.41 Å². The lowest BCUT2D eigenvalue weighted by Crippen LogP contribution is -2.35. The van der Waals surface area contributed by atoms with Gasteiger partial charge in [-0.2, -0.15) is 4.99 Å². The second-order valence-corrected chi connectivity index (χ2v) is 8.20. The predicted octanol–water partition coefficient (Wildman–Crippen LogP) is 6.00. The fourth-order valence-electron chi connectivity index (χ4n) is 2.71. The summed E-state index contributed by atoms with van der Waals surface area (Å²) < 4.78 is 5.76. The fraction of sp³-hybridized carbons (Fsp3) is 0.0500. The molecule has 0 bridgehead atoms. The van der Waals surface area contributed by atoms with Crippen LogP contribution < -0.4 is 4.74 Å². The second-order valence-electron chi connectivity index (χ2n) is 6.11. The molecule has 2 aromatic rings. The number of amidine groups is 2. The molecule has 0 spiro atoms. The average Bonchev–Trinajstić information content (AvgIpc) is 3.15. The van der Waals surface area contributed by atoms with E-state index in [1.807, 2.05) is 6.07 Å². The zero-order chi connectivity index (χ0) is 20.5. The maximum atomic E-state index is 12.3. The van der Waals surface area contributed by atoms with Crippen molar-refractivity contribution >= 4 is 69.6 Å². The number of carbonyl (C=O) groups is 1. The maximum absolute atomic E-state index is 12.3. The monoisotopic (exact) mass is 463 g/mol. The van der Waals surface area contributed by atoms with Gasteiger partial charge < -0.3 is 4.74 Å². The van der Waals surface area contributed by atoms with Crippen LogP contribution in [0, 0.1) is 5.41 Å². The summed E-state index contributed by atoms with van der Waals surface area (Å²) >= 11 is 19.6. The van der Waals surface area contributed by atoms with E-state index in [0.717, 1.165) is 5.56 Å². The first-order valence-electron chi connectivity index (χ1n) is 8.35. The van der Waals surface area contributed by atoms with E-state index in [4.69, 9.17) is 44.9 Å². The van der Waals surface area contributed by atoms with Crippen molar-refractivity contribution in [3.05, 3.63) is 79.8 Å². The molecule has 1 N–H and O–H groups in total. The number of aliphatic imine (C=N–C) groups is 1. The van der Waals surface area contributed by atoms with Crippen LogP contribution in [0.1, 0.15) is 11.1 Å². The molecule has 2 aliphatic rings. The minimum Gasteiger partial charge on any atom is -0.487 e. The van der Waals surface area contributed by atoms with Crippen LogP contribution >= 0.6 is 46.6 Å². The lowest BCUT2D eigenvalue weighted by Gasteiger charge is -2.22. The molecule has 9 heteroatoms. The highest BCUT2D eigenvalue weighted by atomic mass is 35.5. The smallest absolute Gasteiger partial charge is 0.283 e. The Kier molecular flexibility index (Phi) is 5.69. The van der Waals surface area contributed by atoms with Crippen molar-refractivity contribution in [3.8, 4) is 5.75 Å². The second kappa shape index (κ2) is 8.24. The quantitative estimate of drug-likeness (QED) is 0.563. The summed E-state index contributed by atoms with van der Waals surface area (Å²) in [5.74, 6) is 0.120. The van der Waals surface area contributed by atoms with Gasteiger partial charge in [-0.3, -0.25) is 15.1 Å². The minimum atomic E-state index is -0.450. The Balaban J connectivity index is 1.52. The largest absolute Gasteiger partial charge is 0.487 e. The SMILES string of the molecule is N=C1C(=Cc2ccc(OCc3ccc(Cl)c(Cl)c3)c(Cl)c2)C(=O)N=C2SC=CN12. The number of benzene rings is 2. The molecule has 2 aliphatic heterocycles. The van der Waals surface area contributed by atoms with E-state index in [9.17, 15) is 4.79 Å². The maximum Gasteiger partial charge on any atom is 0.283 e. The number of fused-ring (bicyclic) bond motifs is 1. The highest BCUT2D eigenvalue weighted by molar-refractivity contribution is 8.16. The Morgan fingerprint density at radius 1 is 1.10 bits per heavy atom. The molecule has 146 valence electrons. The van der Waals surface area contributed by atoms with Gasteiger partial charge in [-0.15, -0.1) is 0 Å². The third-order valence-electron chi connectivity index (χ3n) is 4.16. The molecule has 1 amide bonds. The van der Waals surface area contributed by atoms with Gasteiger partial charge in [-0.05, 0) is 46.9 Å². The third-order valence-corrected chi connectivity index (χ3v) is 5.95. The van der Waals surface area contributed by atoms with Gasteiger partial charge in [-0.1, -0.05) is 58.7 Å². The lowest BCUT2D eigenvalue weighted by molar-refractivity contribution is -0.114. The van der Waals surface area contributed by atoms with Gasteiger partial charge in [0, 0.05) is 6.20 Å². The molecule has 5 nitrogen and oxygen atoms in total. The van der Waals surface area contributed by atoms with E-state index < -0.39 is 5.91 Å². The minimum absolute atomic E-state index is 0.0808. The zero-order valence-electron chi connectivity index (χ0n) is 14.7. The van der Waals surface area contributed by atoms with Crippen molar-refractivity contribution in [2.75, 3.05) is 0 Å². The molecule has 29 heavy (non-hydrogen) atoms. The molecular weight excluding hydrogens is 453 g/mol. The molecule has 0 radical (unpaired) electrons. The number of rotatable bonds is 4. The van der Waals surface area contributed by atoms with Crippen LogP contribution in [0.25, 0.3) is 6.08 Å². The topological polar surface area (TPSA) is 65.8 Å². The molecule has 2 aromatic carbocycles. The summed E-state index contributed by atoms with van der Waals surface area (Å²) in [4.78, 5) is 17.8. The Hall–Kier alpha value is -2.25. The molecule has 2 heterocycles. The van der Waals surface area contributed by atoms with Crippen LogP contribution in [0.15, 0.2) is 58.6 Å². The van der Waals surface area contributed by atoms with Crippen molar-refractivity contribution in [1.82, 2.24) is 4.90 Å². The van der Waals surface area contributed by atoms with Crippen LogP contribution in [-0.2, 0) is 11.4 Å². The van der Waals surface area contributed by atoms with Gasteiger partial charge >= 0.3 is 0 Å². The number of ether oxygens (including phenoxy) is 1. The zero-order valence-corrected chi connectivity index (χ0v) is 17.7. The van der Waals surface area contributed by atoms with E-state index in [-0.39, 0.29) is 18.0 Å². The molecule has 0 saturated heterocycles. The van der Waals surface area contributed by atoms with Gasteiger partial charge in [0.25, 0.3) is 5.91 Å². The third kappa shape index (κ3) is 4.21. The van der Waals surface area contributed by atoms with Gasteiger partial charge in [0.15, 0.2) is 5.17 Å². The number of thioether (sulfide) groups is 1. The van der Waals surface area contributed by atoms with Gasteiger partial charge in [0.05, 0.1) is 20.6 Å². The first-order valence-corrected chi connectivity index (χ1v) is 10.4. The van der Waals surface area contributed by atoms with Crippen LogP contribution in [0.5, 0.6) is 5.75 Å². The first-order chi connectivity index (χ1) is 13.9. The number of nitrogens with zero attached hydrogens (tertiary/aromatic N) is 2. The van der Waals surface area contributed by atoms with E-state index in [2.05, 4.69) is 4.99 Å². The summed E-state index contributed by atoms with van der Waals surface area (Å²) in [7, 11) is 0. The summed E-state index contributed by atoms with van der Waals surface area (Å²) in [6.45, 7) is 0.274. The van der Waals surface area contributed by atoms with E-state index in [1.165, 1.54) is 11.8 Å². The first kappa shape index (κ1) is 20.0. The van der Waals surface area contributed by atoms with Crippen molar-refractivity contribution in [2.45, 2.75) is 6.61 Å². The van der Waals surface area contributed by atoms with Gasteiger partial charge in [0.1, 0.15) is 18.2 Å². The van der Waals surface area contributed by atoms with E-state index >= 15 is 0 Å². The van der Waals surface area contributed by atoms with Crippen LogP contribution in [-0.4, -0.2) is 21.8 Å². The number of halogens is 3. The molecule has 0 aromatic heterocycles. The van der Waals surface area contributed by atoms with Crippen molar-refractivity contribution in [3.63, 3.8) is 0 Å². The number of hydrogen-bond acceptors (Lipinski definition) is 4. The molecule has 0 atom stereocenters. The Morgan fingerprint density at radius 2 is 1.93 bits per heavy atom. The number of carbonyl (C=O) groups excluding carboxylic acids is 1. The molecule has 0 saturated carbocycles. The molecular formula is C20H12Cl3N3O2S. The van der Waals surface area contributed by atoms with Gasteiger partial charge in [-0.25, -0.2) is 0 Å². The summed E-state index contributed by atoms with van der Waals surface area (Å²) in [6, 6.07) is 10.4. The Labute approximate surface area is 186 Å². The van der Waals surface area contributed by atoms with Gasteiger partial charge in [0.2, 0.25) is 0 Å². The number of amides is 1. The fourth-order valence-corrected chi connectivity index (χ4v) is 3.98. The van der Waals surface area contributed by atoms with Crippen molar-refractivity contribution in [2.24, 2.45) is 4.99 Å². The summed E-state index contributed by atoms with van der Waals surface area (Å²) in [6.07, 6.45) is 3.30. The lowest BCUT2D eigenvalue weighted by atomic mass is 10.1. The summed E-state index contributed by atoms with van der Waals surface area (Å²) in [5, 5.41) is 11.8. The normalized spacial score (nSPS) is 17.0. The number of hydrogen-bond donors (Lipinski definition) is 1. The molecule has 4 rings (SSSR count). The standard InChI is InChI=1S/C20H12Cl3N3O2S/c21-14-3-1-12(9-15(14)22)10-28-17-4-2-11(8-16(17)23)7-13-18(24)26-5-6-29-20(26)25-19(13)27/h1-9,24H,10H2. The molecule has 0 fully saturated rings. The Bertz CT molecular complexity index is 1130.